The predicted molar refractivity (Wildman–Crippen MR) is 123 cm³/mol. The Morgan fingerprint density at radius 3 is 2.52 bits per heavy atom. The van der Waals surface area contributed by atoms with E-state index in [4.69, 9.17) is 5.73 Å². The maximum absolute atomic E-state index is 12.7. The van der Waals surface area contributed by atoms with E-state index >= 15 is 0 Å². The molecule has 1 aliphatic rings. The second-order valence-corrected chi connectivity index (χ2v) is 7.92. The van der Waals surface area contributed by atoms with E-state index in [1.807, 2.05) is 18.2 Å². The Labute approximate surface area is 184 Å². The molecule has 4 N–H and O–H groups in total. The fraction of sp³-hybridized carbons (Fsp3) is 0.458. The average Bonchev–Trinajstić information content (AvgIpc) is 3.33. The first-order valence-corrected chi connectivity index (χ1v) is 11.2. The zero-order chi connectivity index (χ0) is 21.9. The number of carbonyl (C=O) groups excluding carboxylic acids is 2. The number of hydrogen-bond acceptors (Lipinski definition) is 5. The zero-order valence-corrected chi connectivity index (χ0v) is 18.1. The van der Waals surface area contributed by atoms with Crippen LogP contribution in [0.2, 0.25) is 0 Å². The van der Waals surface area contributed by atoms with Crippen LogP contribution >= 0.6 is 0 Å². The summed E-state index contributed by atoms with van der Waals surface area (Å²) in [6.45, 7) is 5.20. The molecule has 1 fully saturated rings. The van der Waals surface area contributed by atoms with Gasteiger partial charge < -0.3 is 21.3 Å². The number of nitrogens with zero attached hydrogens (tertiary/aromatic N) is 2. The van der Waals surface area contributed by atoms with Gasteiger partial charge in [-0.2, -0.15) is 0 Å². The number of unbranched alkanes of at least 4 members (excludes halogenated alkanes) is 1. The number of benzene rings is 1. The molecule has 0 unspecified atom stereocenters. The van der Waals surface area contributed by atoms with Gasteiger partial charge in [0, 0.05) is 36.6 Å². The van der Waals surface area contributed by atoms with Crippen molar-refractivity contribution >= 4 is 11.8 Å². The minimum Gasteiger partial charge on any atom is -0.352 e. The summed E-state index contributed by atoms with van der Waals surface area (Å²) in [5.41, 5.74) is 8.08. The fourth-order valence-corrected chi connectivity index (χ4v) is 3.82. The summed E-state index contributed by atoms with van der Waals surface area (Å²) in [6, 6.07) is 9.18. The molecule has 2 amide bonds. The molecular weight excluding hydrogens is 390 g/mol. The lowest BCUT2D eigenvalue weighted by Gasteiger charge is -2.14. The number of nitrogens with two attached hydrogens (primary N) is 1. The van der Waals surface area contributed by atoms with Gasteiger partial charge >= 0.3 is 0 Å². The van der Waals surface area contributed by atoms with Crippen molar-refractivity contribution < 1.29 is 9.59 Å². The van der Waals surface area contributed by atoms with Crippen molar-refractivity contribution in [3.05, 3.63) is 53.9 Å². The molecule has 1 saturated heterocycles. The summed E-state index contributed by atoms with van der Waals surface area (Å²) < 4.78 is 0. The van der Waals surface area contributed by atoms with Crippen LogP contribution in [0.1, 0.15) is 52.8 Å². The standard InChI is InChI=1S/C24H33N5O2/c25-10-3-4-11-28-24(31)22-9-2-1-8-21(22)19-16-20(18-26-17-19)23(30)27-12-7-15-29-13-5-6-14-29/h1-2,8-9,16-18H,3-7,10-15,25H2,(H,27,30)(H,28,31). The first-order chi connectivity index (χ1) is 15.2. The molecule has 0 saturated carbocycles. The predicted octanol–water partition coefficient (Wildman–Crippen LogP) is 2.43. The molecule has 3 rings (SSSR count). The molecule has 0 radical (unpaired) electrons. The minimum atomic E-state index is -0.139. The summed E-state index contributed by atoms with van der Waals surface area (Å²) in [6.07, 6.45) is 8.46. The van der Waals surface area contributed by atoms with Crippen molar-refractivity contribution in [2.24, 2.45) is 5.73 Å². The van der Waals surface area contributed by atoms with Gasteiger partial charge in [-0.25, -0.2) is 0 Å². The van der Waals surface area contributed by atoms with Crippen molar-refractivity contribution in [3.8, 4) is 11.1 Å². The normalized spacial score (nSPS) is 13.8. The van der Waals surface area contributed by atoms with Crippen molar-refractivity contribution in [1.82, 2.24) is 20.5 Å². The molecule has 0 aliphatic carbocycles. The van der Waals surface area contributed by atoms with E-state index < -0.39 is 0 Å². The third-order valence-electron chi connectivity index (χ3n) is 5.53. The molecule has 7 heteroatoms. The lowest BCUT2D eigenvalue weighted by molar-refractivity contribution is 0.0945. The van der Waals surface area contributed by atoms with Crippen molar-refractivity contribution in [1.29, 1.82) is 0 Å². The highest BCUT2D eigenvalue weighted by atomic mass is 16.2. The first-order valence-electron chi connectivity index (χ1n) is 11.2. The Morgan fingerprint density at radius 2 is 1.71 bits per heavy atom. The zero-order valence-electron chi connectivity index (χ0n) is 18.1. The quantitative estimate of drug-likeness (QED) is 0.482. The SMILES string of the molecule is NCCCCNC(=O)c1ccccc1-c1cncc(C(=O)NCCCN2CCCC2)c1. The molecule has 166 valence electrons. The Morgan fingerprint density at radius 1 is 0.968 bits per heavy atom. The van der Waals surface area contributed by atoms with Gasteiger partial charge in [0.1, 0.15) is 0 Å². The number of hydrogen-bond donors (Lipinski definition) is 3. The van der Waals surface area contributed by atoms with Crippen LogP contribution in [0.4, 0.5) is 0 Å². The molecule has 1 aromatic heterocycles. The second-order valence-electron chi connectivity index (χ2n) is 7.92. The van der Waals surface area contributed by atoms with E-state index in [1.165, 1.54) is 25.9 Å². The maximum atomic E-state index is 12.7. The summed E-state index contributed by atoms with van der Waals surface area (Å²) in [7, 11) is 0. The highest BCUT2D eigenvalue weighted by Gasteiger charge is 2.15. The molecule has 1 aromatic carbocycles. The highest BCUT2D eigenvalue weighted by Crippen LogP contribution is 2.24. The van der Waals surface area contributed by atoms with Crippen molar-refractivity contribution in [2.75, 3.05) is 39.3 Å². The Kier molecular flexibility index (Phi) is 8.99. The minimum absolute atomic E-state index is 0.135. The smallest absolute Gasteiger partial charge is 0.252 e. The van der Waals surface area contributed by atoms with Gasteiger partial charge in [0.25, 0.3) is 11.8 Å². The van der Waals surface area contributed by atoms with Gasteiger partial charge in [-0.15, -0.1) is 0 Å². The molecule has 2 aromatic rings. The lowest BCUT2D eigenvalue weighted by atomic mass is 9.99. The number of carbonyl (C=O) groups is 2. The third kappa shape index (κ3) is 6.87. The van der Waals surface area contributed by atoms with E-state index in [1.54, 1.807) is 24.5 Å². The molecule has 31 heavy (non-hydrogen) atoms. The Bertz CT molecular complexity index is 865. The van der Waals surface area contributed by atoms with E-state index in [-0.39, 0.29) is 11.8 Å². The topological polar surface area (TPSA) is 100 Å². The molecule has 2 heterocycles. The van der Waals surface area contributed by atoms with Crippen LogP contribution in [0, 0.1) is 0 Å². The van der Waals surface area contributed by atoms with Gasteiger partial charge in [-0.3, -0.25) is 14.6 Å². The Balaban J connectivity index is 1.61. The van der Waals surface area contributed by atoms with Crippen LogP contribution in [0.15, 0.2) is 42.7 Å². The van der Waals surface area contributed by atoms with Crippen LogP contribution in [0.25, 0.3) is 11.1 Å². The number of aromatic nitrogens is 1. The van der Waals surface area contributed by atoms with Crippen molar-refractivity contribution in [2.45, 2.75) is 32.1 Å². The van der Waals surface area contributed by atoms with Gasteiger partial charge in [-0.1, -0.05) is 18.2 Å². The maximum Gasteiger partial charge on any atom is 0.252 e. The molecule has 7 nitrogen and oxygen atoms in total. The monoisotopic (exact) mass is 423 g/mol. The van der Waals surface area contributed by atoms with Gasteiger partial charge in [0.2, 0.25) is 0 Å². The third-order valence-corrected chi connectivity index (χ3v) is 5.53. The van der Waals surface area contributed by atoms with E-state index in [9.17, 15) is 9.59 Å². The summed E-state index contributed by atoms with van der Waals surface area (Å²) in [5.74, 6) is -0.274. The van der Waals surface area contributed by atoms with E-state index in [2.05, 4.69) is 20.5 Å². The molecule has 0 bridgehead atoms. The van der Waals surface area contributed by atoms with Crippen LogP contribution in [0.3, 0.4) is 0 Å². The Hall–Kier alpha value is -2.77. The first kappa shape index (κ1) is 22.9. The molecule has 0 atom stereocenters. The van der Waals surface area contributed by atoms with Crippen LogP contribution < -0.4 is 16.4 Å². The number of likely N-dealkylation sites (tertiary alicyclic amines) is 1. The average molecular weight is 424 g/mol. The number of rotatable bonds is 11. The molecular formula is C24H33N5O2. The molecule has 1 aliphatic heterocycles. The number of amides is 2. The van der Waals surface area contributed by atoms with E-state index in [0.29, 0.717) is 30.8 Å². The fourth-order valence-electron chi connectivity index (χ4n) is 3.82. The largest absolute Gasteiger partial charge is 0.352 e. The van der Waals surface area contributed by atoms with Crippen LogP contribution in [-0.2, 0) is 0 Å². The van der Waals surface area contributed by atoms with E-state index in [0.717, 1.165) is 36.9 Å². The van der Waals surface area contributed by atoms with Crippen molar-refractivity contribution in [3.63, 3.8) is 0 Å². The van der Waals surface area contributed by atoms with Crippen LogP contribution in [-0.4, -0.2) is 61.0 Å². The summed E-state index contributed by atoms with van der Waals surface area (Å²) in [4.78, 5) is 31.9. The second kappa shape index (κ2) is 12.2. The van der Waals surface area contributed by atoms with Crippen LogP contribution in [0.5, 0.6) is 0 Å². The summed E-state index contributed by atoms with van der Waals surface area (Å²) in [5, 5.41) is 5.92. The lowest BCUT2D eigenvalue weighted by Crippen LogP contribution is -2.28. The number of pyridine rings is 1. The van der Waals surface area contributed by atoms with Gasteiger partial charge in [0.15, 0.2) is 0 Å². The molecule has 0 spiro atoms. The number of nitrogens with one attached hydrogen (secondary N) is 2. The van der Waals surface area contributed by atoms with Gasteiger partial charge in [0.05, 0.1) is 5.56 Å². The summed E-state index contributed by atoms with van der Waals surface area (Å²) >= 11 is 0. The van der Waals surface area contributed by atoms with Gasteiger partial charge in [-0.05, 0) is 76.0 Å². The highest BCUT2D eigenvalue weighted by molar-refractivity contribution is 6.01.